The van der Waals surface area contributed by atoms with Crippen molar-refractivity contribution in [2.45, 2.75) is 226 Å². The molecule has 2 atom stereocenters. The molecular weight excluding hydrogens is 1390 g/mol. The number of alkyl halides is 3. The lowest BCUT2D eigenvalue weighted by Crippen LogP contribution is -2.61. The molecule has 0 spiro atoms. The first-order chi connectivity index (χ1) is 44.1. The van der Waals surface area contributed by atoms with Gasteiger partial charge >= 0.3 is 64.3 Å². The lowest BCUT2D eigenvalue weighted by Gasteiger charge is -2.45. The van der Waals surface area contributed by atoms with Gasteiger partial charge in [0.2, 0.25) is 11.8 Å². The number of ether oxygens (including phenoxy) is 8. The second-order valence-corrected chi connectivity index (χ2v) is 59.8. The minimum Gasteiger partial charge on any atom is -0.463 e. The first kappa shape index (κ1) is 95.0. The zero-order chi connectivity index (χ0) is 74.1. The summed E-state index contributed by atoms with van der Waals surface area (Å²) >= 11 is 0. The monoisotopic (exact) mass is 1510 g/mol. The van der Waals surface area contributed by atoms with Gasteiger partial charge in [-0.2, -0.15) is 13.2 Å². The maximum absolute atomic E-state index is 13.9. The van der Waals surface area contributed by atoms with Gasteiger partial charge in [-0.3, -0.25) is 19.2 Å². The fourth-order valence-corrected chi connectivity index (χ4v) is 49.3. The Labute approximate surface area is 582 Å². The molecule has 22 nitrogen and oxygen atoms in total. The average Bonchev–Trinajstić information content (AvgIpc) is 0.803. The van der Waals surface area contributed by atoms with Gasteiger partial charge in [0.05, 0.1) is 39.6 Å². The molecule has 560 valence electrons. The number of carbonyl (C=O) groups excluding carboxylic acids is 6. The highest BCUT2D eigenvalue weighted by Gasteiger charge is 2.51. The van der Waals surface area contributed by atoms with E-state index in [0.29, 0.717) is 107 Å². The van der Waals surface area contributed by atoms with Crippen LogP contribution in [0.2, 0.25) is 128 Å². The van der Waals surface area contributed by atoms with Crippen molar-refractivity contribution in [3.63, 3.8) is 0 Å². The molecule has 0 rings (SSSR count). The third-order valence-corrected chi connectivity index (χ3v) is 46.0. The Balaban J connectivity index is 0. The van der Waals surface area contributed by atoms with E-state index in [-0.39, 0.29) is 75.9 Å². The van der Waals surface area contributed by atoms with Crippen molar-refractivity contribution >= 4 is 103 Å². The van der Waals surface area contributed by atoms with Gasteiger partial charge in [-0.25, -0.2) is 9.59 Å². The van der Waals surface area contributed by atoms with E-state index in [9.17, 15) is 41.9 Å². The molecule has 96 heavy (non-hydrogen) atoms. The maximum atomic E-state index is 13.9. The first-order valence-corrected chi connectivity index (χ1v) is 56.6. The highest BCUT2D eigenvalue weighted by Crippen LogP contribution is 2.36. The first-order valence-electron chi connectivity index (χ1n) is 33.4. The van der Waals surface area contributed by atoms with Crippen LogP contribution in [0.15, 0.2) is 48.6 Å². The number of hydrogen-bond acceptors (Lipinski definition) is 20. The lowest BCUT2D eigenvalue weighted by atomic mass is 10.3. The zero-order valence-electron chi connectivity index (χ0n) is 62.1. The van der Waals surface area contributed by atoms with Crippen LogP contribution in [0.25, 0.3) is 0 Å². The van der Waals surface area contributed by atoms with Crippen molar-refractivity contribution in [3.05, 3.63) is 48.6 Å². The summed E-state index contributed by atoms with van der Waals surface area (Å²) in [7, 11) is -19.2. The van der Waals surface area contributed by atoms with Crippen molar-refractivity contribution in [3.8, 4) is 0 Å². The predicted octanol–water partition coefficient (Wildman–Crippen LogP) is 13.3. The van der Waals surface area contributed by atoms with Crippen molar-refractivity contribution in [2.24, 2.45) is 0 Å². The average molecular weight is 1510 g/mol. The molecule has 0 aromatic rings. The molecule has 2 amide bonds. The Bertz CT molecular complexity index is 2340. The Morgan fingerprint density at radius 3 is 1.05 bits per heavy atom. The number of hydrogen-bond donors (Lipinski definition) is 2. The second-order valence-electron chi connectivity index (χ2n) is 27.7. The minimum absolute atomic E-state index is 0.0535. The molecule has 0 radical (unpaired) electrons. The van der Waals surface area contributed by atoms with Crippen LogP contribution < -0.4 is 10.6 Å². The second kappa shape index (κ2) is 47.9. The summed E-state index contributed by atoms with van der Waals surface area (Å²) in [6, 6.07) is 3.43. The molecule has 0 aliphatic rings. The van der Waals surface area contributed by atoms with E-state index in [1.807, 2.05) is 32.7 Å². The molecule has 0 bridgehead atoms. The highest BCUT2D eigenvalue weighted by molar-refractivity contribution is 6.91. The summed E-state index contributed by atoms with van der Waals surface area (Å²) in [6.07, 6.45) is -0.982. The molecule has 0 aliphatic heterocycles. The molecule has 0 aliphatic carbocycles. The van der Waals surface area contributed by atoms with Crippen LogP contribution in [0.4, 0.5) is 13.2 Å². The van der Waals surface area contributed by atoms with Crippen LogP contribution in [0.1, 0.15) is 91.9 Å². The summed E-state index contributed by atoms with van der Waals surface area (Å²) in [5, 5.41) is 5.76. The number of methoxy groups -OCH3 is 1. The number of esters is 4. The van der Waals surface area contributed by atoms with Crippen LogP contribution in [0.3, 0.4) is 0 Å². The third-order valence-electron chi connectivity index (χ3n) is 13.8. The molecule has 2 unspecified atom stereocenters. The lowest BCUT2D eigenvalue weighted by molar-refractivity contribution is -0.147. The summed E-state index contributed by atoms with van der Waals surface area (Å²) in [5.74, 6) is -2.03. The van der Waals surface area contributed by atoms with E-state index < -0.39 is 104 Å². The number of nitrogens with one attached hydrogen (secondary N) is 2. The molecule has 0 aromatic carbocycles. The SMILES string of the molecule is C=C(C)C(=O)NCCC[Si](C)(C)O[Si](C)(C)O[Si](C)(C)CCCNC(=O)C(=C)C.C=C(C)C(=O)OCCCC(=O)OCCOCCC[Si](C)(C)O[Si](C)(C)O[Si](C)(CCCOCCOC)O[Si](C)(CCC(F)(F)F)O[Si](C)(C)CCCOCCOC(=O)CCCOC(=O)C(=C)C. The van der Waals surface area contributed by atoms with Crippen LogP contribution in [-0.4, -0.2) is 202 Å². The molecule has 0 saturated carbocycles. The molecule has 2 N–H and O–H groups in total. The van der Waals surface area contributed by atoms with E-state index in [1.165, 1.54) is 6.92 Å². The molecule has 33 heteroatoms. The normalized spacial score (nSPS) is 13.6. The van der Waals surface area contributed by atoms with E-state index in [0.717, 1.165) is 31.0 Å². The number of halogens is 3. The topological polar surface area (TPSA) is 256 Å². The van der Waals surface area contributed by atoms with E-state index in [2.05, 4.69) is 89.3 Å². The van der Waals surface area contributed by atoms with Gasteiger partial charge < -0.3 is 73.2 Å². The van der Waals surface area contributed by atoms with Gasteiger partial charge in [-0.15, -0.1) is 0 Å². The van der Waals surface area contributed by atoms with Crippen LogP contribution in [0, 0.1) is 0 Å². The van der Waals surface area contributed by atoms with Crippen molar-refractivity contribution in [1.82, 2.24) is 10.6 Å². The quantitative estimate of drug-likeness (QED) is 0.0189. The van der Waals surface area contributed by atoms with Gasteiger partial charge in [-0.05, 0) is 201 Å². The molecule has 0 heterocycles. The van der Waals surface area contributed by atoms with Gasteiger partial charge in [-0.1, -0.05) is 26.3 Å². The Kier molecular flexibility index (Phi) is 47.4. The summed E-state index contributed by atoms with van der Waals surface area (Å²) < 4.78 is 125. The number of carbonyl (C=O) groups is 6. The Hall–Kier alpha value is -3.09. The number of amides is 2. The third kappa shape index (κ3) is 53.8. The van der Waals surface area contributed by atoms with Crippen molar-refractivity contribution < 1.29 is 105 Å². The van der Waals surface area contributed by atoms with Crippen molar-refractivity contribution in [1.29, 1.82) is 0 Å². The smallest absolute Gasteiger partial charge is 0.389 e. The highest BCUT2D eigenvalue weighted by atomic mass is 28.5. The van der Waals surface area contributed by atoms with Gasteiger partial charge in [0, 0.05) is 81.6 Å². The number of rotatable bonds is 55. The van der Waals surface area contributed by atoms with Gasteiger partial charge in [0.25, 0.3) is 0 Å². The fraction of sp³-hybridized carbons (Fsp3) is 0.778. The maximum Gasteiger partial charge on any atom is 0.389 e. The largest absolute Gasteiger partial charge is 0.463 e. The van der Waals surface area contributed by atoms with E-state index in [4.69, 9.17) is 62.6 Å². The van der Waals surface area contributed by atoms with E-state index >= 15 is 0 Å². The molecule has 0 saturated heterocycles. The summed E-state index contributed by atoms with van der Waals surface area (Å²) in [4.78, 5) is 70.0. The van der Waals surface area contributed by atoms with Gasteiger partial charge in [0.15, 0.2) is 33.3 Å². The van der Waals surface area contributed by atoms with Crippen LogP contribution >= 0.6 is 0 Å². The predicted molar refractivity (Wildman–Crippen MR) is 389 cm³/mol. The fourth-order valence-electron chi connectivity index (χ4n) is 9.88. The molecule has 0 aromatic heterocycles. The zero-order valence-corrected chi connectivity index (χ0v) is 70.1. The van der Waals surface area contributed by atoms with Crippen LogP contribution in [0.5, 0.6) is 0 Å². The molecule has 0 fully saturated rings. The summed E-state index contributed by atoms with van der Waals surface area (Å²) in [5.41, 5.74) is 1.64. The van der Waals surface area contributed by atoms with Crippen molar-refractivity contribution in [2.75, 3.05) is 92.9 Å². The Morgan fingerprint density at radius 1 is 0.365 bits per heavy atom. The minimum atomic E-state index is -4.42. The van der Waals surface area contributed by atoms with Crippen LogP contribution in [-0.2, 0) is 91.4 Å². The molecular formula is C63H125F3N2O20Si8. The standard InChI is InChI=1S/C43H83F3O16Si5.C20H42N2O4Si3/c1-37(2)41(49)57-25-14-19-39(47)55-31-29-53-22-16-33-63(6,7)59-65(10,11)61-66(12,35-18-24-52-28-27-51-5)62-67(13,36-21-43(44,45)46)60-64(8,9)34-17-23-54-30-32-56-40(48)20-15-26-58-42(50)38(3)4;1-17(2)19(23)21-13-11-15-27(5,6)25-29(9,10)26-28(7,8)16-12-14-22-20(24)18(3)4/h1,3,14-36H2,2,4-13H3;1,3,11-16H2,2,4-10H3,(H,21,23)(H,22,24). The Morgan fingerprint density at radius 2 is 0.698 bits per heavy atom. The van der Waals surface area contributed by atoms with Gasteiger partial charge in [0.1, 0.15) is 13.2 Å². The van der Waals surface area contributed by atoms with E-state index in [1.54, 1.807) is 34.4 Å². The summed E-state index contributed by atoms with van der Waals surface area (Å²) in [6.45, 7) is 53.6.